The average molecular weight is 489 g/mol. The van der Waals surface area contributed by atoms with E-state index in [1.807, 2.05) is 6.92 Å². The molecule has 0 unspecified atom stereocenters. The van der Waals surface area contributed by atoms with Crippen LogP contribution < -0.4 is 15.4 Å². The lowest BCUT2D eigenvalue weighted by Gasteiger charge is -2.09. The highest BCUT2D eigenvalue weighted by Crippen LogP contribution is 2.27. The molecular formula is C21H24N6O4S2. The molecule has 33 heavy (non-hydrogen) atoms. The molecule has 0 bridgehead atoms. The van der Waals surface area contributed by atoms with Crippen LogP contribution in [0.25, 0.3) is 11.4 Å². The van der Waals surface area contributed by atoms with E-state index in [9.17, 15) is 18.0 Å². The highest BCUT2D eigenvalue weighted by molar-refractivity contribution is 8.13. The SMILES string of the molecule is CCC(=O)Nc1cccc(NC(=O)Sc2nnc(-c3ccc(NS(C)(=O)=O)cc3)n2CC)c1. The lowest BCUT2D eigenvalue weighted by molar-refractivity contribution is -0.115. The van der Waals surface area contributed by atoms with E-state index in [2.05, 4.69) is 25.6 Å². The molecule has 2 amide bonds. The molecule has 12 heteroatoms. The van der Waals surface area contributed by atoms with E-state index in [-0.39, 0.29) is 11.1 Å². The number of aromatic nitrogens is 3. The van der Waals surface area contributed by atoms with Crippen LogP contribution in [0.15, 0.2) is 53.7 Å². The van der Waals surface area contributed by atoms with Gasteiger partial charge >= 0.3 is 0 Å². The average Bonchev–Trinajstić information content (AvgIpc) is 3.15. The van der Waals surface area contributed by atoms with Gasteiger partial charge in [-0.05, 0) is 49.4 Å². The predicted octanol–water partition coefficient (Wildman–Crippen LogP) is 4.01. The van der Waals surface area contributed by atoms with E-state index < -0.39 is 10.0 Å². The fraction of sp³-hybridized carbons (Fsp3) is 0.238. The maximum absolute atomic E-state index is 12.6. The minimum Gasteiger partial charge on any atom is -0.326 e. The van der Waals surface area contributed by atoms with Crippen LogP contribution in [0.1, 0.15) is 20.3 Å². The number of nitrogens with zero attached hydrogens (tertiary/aromatic N) is 3. The number of sulfonamides is 1. The van der Waals surface area contributed by atoms with Crippen LogP contribution in [0.5, 0.6) is 0 Å². The first kappa shape index (κ1) is 24.3. The third-order valence-corrected chi connectivity index (χ3v) is 5.76. The monoisotopic (exact) mass is 488 g/mol. The van der Waals surface area contributed by atoms with Crippen molar-refractivity contribution in [2.75, 3.05) is 21.6 Å². The first-order chi connectivity index (χ1) is 15.7. The topological polar surface area (TPSA) is 135 Å². The van der Waals surface area contributed by atoms with Crippen LogP contribution in [0.4, 0.5) is 21.9 Å². The molecule has 0 spiro atoms. The molecule has 0 aliphatic heterocycles. The van der Waals surface area contributed by atoms with Gasteiger partial charge in [-0.15, -0.1) is 10.2 Å². The van der Waals surface area contributed by atoms with Crippen LogP contribution >= 0.6 is 11.8 Å². The van der Waals surface area contributed by atoms with Crippen molar-refractivity contribution in [1.82, 2.24) is 14.8 Å². The zero-order chi connectivity index (χ0) is 24.0. The second kappa shape index (κ2) is 10.5. The van der Waals surface area contributed by atoms with Crippen LogP contribution in [-0.4, -0.2) is 40.6 Å². The Morgan fingerprint density at radius 1 is 0.970 bits per heavy atom. The quantitative estimate of drug-likeness (QED) is 0.408. The molecular weight excluding hydrogens is 464 g/mol. The van der Waals surface area contributed by atoms with Crippen LogP contribution in [-0.2, 0) is 21.4 Å². The lowest BCUT2D eigenvalue weighted by Crippen LogP contribution is -2.11. The molecule has 174 valence electrons. The number of thioether (sulfide) groups is 1. The third-order valence-electron chi connectivity index (χ3n) is 4.38. The number of rotatable bonds is 8. The number of benzene rings is 2. The molecule has 0 saturated heterocycles. The summed E-state index contributed by atoms with van der Waals surface area (Å²) in [6.07, 6.45) is 1.44. The Labute approximate surface area is 196 Å². The van der Waals surface area contributed by atoms with Crippen molar-refractivity contribution in [3.63, 3.8) is 0 Å². The molecule has 3 aromatic rings. The van der Waals surface area contributed by atoms with E-state index >= 15 is 0 Å². The fourth-order valence-electron chi connectivity index (χ4n) is 2.91. The van der Waals surface area contributed by atoms with E-state index in [4.69, 9.17) is 0 Å². The molecule has 1 heterocycles. The summed E-state index contributed by atoms with van der Waals surface area (Å²) in [5, 5.41) is 13.9. The molecule has 2 aromatic carbocycles. The van der Waals surface area contributed by atoms with Crippen molar-refractivity contribution in [2.45, 2.75) is 32.0 Å². The van der Waals surface area contributed by atoms with E-state index in [0.717, 1.165) is 23.6 Å². The number of carbonyl (C=O) groups is 2. The Hall–Kier alpha value is -3.38. The van der Waals surface area contributed by atoms with Crippen molar-refractivity contribution in [1.29, 1.82) is 0 Å². The standard InChI is InChI=1S/C21H24N6O4S2/c1-4-18(28)22-16-7-6-8-17(13-16)23-21(29)32-20-25-24-19(27(20)5-2)14-9-11-15(12-10-14)26-33(3,30)31/h6-13,26H,4-5H2,1-3H3,(H,22,28)(H,23,29). The number of hydrogen-bond acceptors (Lipinski definition) is 7. The summed E-state index contributed by atoms with van der Waals surface area (Å²) in [6, 6.07) is 13.6. The first-order valence-electron chi connectivity index (χ1n) is 10.1. The first-order valence-corrected chi connectivity index (χ1v) is 12.8. The van der Waals surface area contributed by atoms with Gasteiger partial charge in [-0.3, -0.25) is 14.3 Å². The van der Waals surface area contributed by atoms with Gasteiger partial charge in [0.05, 0.1) is 6.26 Å². The zero-order valence-electron chi connectivity index (χ0n) is 18.3. The Bertz CT molecular complexity index is 1260. The predicted molar refractivity (Wildman–Crippen MR) is 130 cm³/mol. The molecule has 1 aromatic heterocycles. The van der Waals surface area contributed by atoms with Crippen molar-refractivity contribution < 1.29 is 18.0 Å². The van der Waals surface area contributed by atoms with E-state index in [1.54, 1.807) is 60.0 Å². The number of amides is 2. The highest BCUT2D eigenvalue weighted by Gasteiger charge is 2.17. The van der Waals surface area contributed by atoms with Crippen molar-refractivity contribution in [3.8, 4) is 11.4 Å². The molecule has 0 fully saturated rings. The molecule has 0 radical (unpaired) electrons. The normalized spacial score (nSPS) is 11.1. The van der Waals surface area contributed by atoms with Crippen molar-refractivity contribution in [3.05, 3.63) is 48.5 Å². The Morgan fingerprint density at radius 3 is 2.24 bits per heavy atom. The maximum atomic E-state index is 12.6. The largest absolute Gasteiger partial charge is 0.326 e. The molecule has 3 N–H and O–H groups in total. The van der Waals surface area contributed by atoms with Gasteiger partial charge in [0.15, 0.2) is 5.82 Å². The van der Waals surface area contributed by atoms with Gasteiger partial charge in [-0.2, -0.15) is 0 Å². The number of anilines is 3. The van der Waals surface area contributed by atoms with Gasteiger partial charge < -0.3 is 15.2 Å². The Kier molecular flexibility index (Phi) is 7.71. The summed E-state index contributed by atoms with van der Waals surface area (Å²) >= 11 is 0.901. The Morgan fingerprint density at radius 2 is 1.64 bits per heavy atom. The number of carbonyl (C=O) groups excluding carboxylic acids is 2. The minimum atomic E-state index is -3.36. The minimum absolute atomic E-state index is 0.114. The Balaban J connectivity index is 1.72. The molecule has 3 rings (SSSR count). The van der Waals surface area contributed by atoms with Gasteiger partial charge in [-0.1, -0.05) is 13.0 Å². The second-order valence-corrected chi connectivity index (χ2v) is 9.69. The number of nitrogens with one attached hydrogen (secondary N) is 3. The molecule has 0 saturated carbocycles. The highest BCUT2D eigenvalue weighted by atomic mass is 32.2. The molecule has 0 atom stereocenters. The van der Waals surface area contributed by atoms with Gasteiger partial charge in [0, 0.05) is 47.4 Å². The number of hydrogen-bond donors (Lipinski definition) is 3. The third kappa shape index (κ3) is 6.80. The van der Waals surface area contributed by atoms with Gasteiger partial charge in [0.1, 0.15) is 0 Å². The summed E-state index contributed by atoms with van der Waals surface area (Å²) in [4.78, 5) is 24.2. The van der Waals surface area contributed by atoms with E-state index in [1.165, 1.54) is 0 Å². The van der Waals surface area contributed by atoms with Gasteiger partial charge in [0.2, 0.25) is 21.1 Å². The summed E-state index contributed by atoms with van der Waals surface area (Å²) < 4.78 is 27.0. The van der Waals surface area contributed by atoms with Crippen LogP contribution in [0.2, 0.25) is 0 Å². The van der Waals surface area contributed by atoms with Gasteiger partial charge in [0.25, 0.3) is 5.24 Å². The fourth-order valence-corrected chi connectivity index (χ4v) is 4.22. The maximum Gasteiger partial charge on any atom is 0.291 e. The molecule has 0 aliphatic carbocycles. The smallest absolute Gasteiger partial charge is 0.291 e. The second-order valence-electron chi connectivity index (χ2n) is 7.00. The summed E-state index contributed by atoms with van der Waals surface area (Å²) in [5.41, 5.74) is 2.31. The van der Waals surface area contributed by atoms with Crippen LogP contribution in [0, 0.1) is 0 Å². The molecule has 10 nitrogen and oxygen atoms in total. The lowest BCUT2D eigenvalue weighted by atomic mass is 10.2. The summed E-state index contributed by atoms with van der Waals surface area (Å²) in [6.45, 7) is 4.20. The molecule has 0 aliphatic rings. The summed E-state index contributed by atoms with van der Waals surface area (Å²) in [5.74, 6) is 0.444. The zero-order valence-corrected chi connectivity index (χ0v) is 20.0. The van der Waals surface area contributed by atoms with Crippen molar-refractivity contribution >= 4 is 50.0 Å². The van der Waals surface area contributed by atoms with E-state index in [0.29, 0.717) is 41.0 Å². The van der Waals surface area contributed by atoms with Gasteiger partial charge in [-0.25, -0.2) is 8.42 Å². The summed E-state index contributed by atoms with van der Waals surface area (Å²) in [7, 11) is -3.36. The van der Waals surface area contributed by atoms with Crippen LogP contribution in [0.3, 0.4) is 0 Å². The van der Waals surface area contributed by atoms with Crippen molar-refractivity contribution in [2.24, 2.45) is 0 Å².